The lowest BCUT2D eigenvalue weighted by atomic mass is 10.0. The minimum Gasteiger partial charge on any atom is -0.354 e. The minimum atomic E-state index is -0.385. The number of hydrogen-bond donors (Lipinski definition) is 2. The van der Waals surface area contributed by atoms with Gasteiger partial charge in [-0.25, -0.2) is 0 Å². The lowest BCUT2D eigenvalue weighted by Crippen LogP contribution is -2.41. The highest BCUT2D eigenvalue weighted by Gasteiger charge is 2.13. The number of hydrogen-bond acceptors (Lipinski definition) is 2. The number of rotatable bonds is 5. The van der Waals surface area contributed by atoms with Crippen molar-refractivity contribution >= 4 is 5.91 Å². The molecule has 0 rings (SSSR count). The summed E-state index contributed by atoms with van der Waals surface area (Å²) in [6.45, 7) is 6.48. The molecular formula is C11H20N2O. The Morgan fingerprint density at radius 1 is 1.50 bits per heavy atom. The first-order chi connectivity index (χ1) is 6.57. The Hall–Kier alpha value is -1.01. The van der Waals surface area contributed by atoms with Gasteiger partial charge < -0.3 is 11.1 Å². The first-order valence-corrected chi connectivity index (χ1v) is 5.00. The molecule has 0 aromatic heterocycles. The summed E-state index contributed by atoms with van der Waals surface area (Å²) in [6.07, 6.45) is 1.42. The molecule has 1 amide bonds. The molecule has 0 aliphatic carbocycles. The molecular weight excluding hydrogens is 176 g/mol. The first-order valence-electron chi connectivity index (χ1n) is 5.00. The van der Waals surface area contributed by atoms with Crippen LogP contribution in [0, 0.1) is 17.8 Å². The van der Waals surface area contributed by atoms with Crippen LogP contribution in [-0.4, -0.2) is 18.5 Å². The van der Waals surface area contributed by atoms with E-state index in [1.54, 1.807) is 6.92 Å². The van der Waals surface area contributed by atoms with E-state index in [1.807, 2.05) is 0 Å². The number of carbonyl (C=O) groups excluding carboxylic acids is 1. The van der Waals surface area contributed by atoms with Gasteiger partial charge in [0.1, 0.15) is 0 Å². The molecule has 0 heterocycles. The average molecular weight is 196 g/mol. The van der Waals surface area contributed by atoms with Crippen molar-refractivity contribution in [3.63, 3.8) is 0 Å². The largest absolute Gasteiger partial charge is 0.354 e. The van der Waals surface area contributed by atoms with E-state index < -0.39 is 0 Å². The molecule has 0 aromatic rings. The smallest absolute Gasteiger partial charge is 0.236 e. The molecule has 0 aromatic carbocycles. The summed E-state index contributed by atoms with van der Waals surface area (Å²) in [6, 6.07) is -0.385. The van der Waals surface area contributed by atoms with Gasteiger partial charge in [0.2, 0.25) is 5.91 Å². The quantitative estimate of drug-likeness (QED) is 0.507. The van der Waals surface area contributed by atoms with E-state index in [4.69, 9.17) is 5.73 Å². The summed E-state index contributed by atoms with van der Waals surface area (Å²) in [5, 5.41) is 2.76. The molecule has 0 aliphatic rings. The maximum atomic E-state index is 11.4. The number of nitrogens with one attached hydrogen (secondary N) is 1. The van der Waals surface area contributed by atoms with Crippen LogP contribution in [-0.2, 0) is 4.79 Å². The zero-order chi connectivity index (χ0) is 11.0. The van der Waals surface area contributed by atoms with Gasteiger partial charge in [-0.1, -0.05) is 13.8 Å². The molecule has 80 valence electrons. The second kappa shape index (κ2) is 7.40. The highest BCUT2D eigenvalue weighted by Crippen LogP contribution is 2.02. The highest BCUT2D eigenvalue weighted by molar-refractivity contribution is 5.81. The Morgan fingerprint density at radius 2 is 2.14 bits per heavy atom. The molecule has 3 N–H and O–H groups in total. The highest BCUT2D eigenvalue weighted by atomic mass is 16.2. The normalized spacial score (nSPS) is 11.8. The van der Waals surface area contributed by atoms with Crippen molar-refractivity contribution in [2.75, 3.05) is 6.54 Å². The Kier molecular flexibility index (Phi) is 6.87. The first kappa shape index (κ1) is 13.0. The lowest BCUT2D eigenvalue weighted by Gasteiger charge is -2.13. The summed E-state index contributed by atoms with van der Waals surface area (Å²) in [5.74, 6) is 6.03. The third-order valence-electron chi connectivity index (χ3n) is 1.79. The molecule has 0 saturated carbocycles. The SMILES string of the molecule is CC#CCCNC(=O)C(N)CC(C)C. The van der Waals surface area contributed by atoms with Gasteiger partial charge in [-0.3, -0.25) is 4.79 Å². The van der Waals surface area contributed by atoms with Gasteiger partial charge in [0.15, 0.2) is 0 Å². The van der Waals surface area contributed by atoms with E-state index in [1.165, 1.54) is 0 Å². The third kappa shape index (κ3) is 6.50. The summed E-state index contributed by atoms with van der Waals surface area (Å²) in [5.41, 5.74) is 5.68. The maximum absolute atomic E-state index is 11.4. The zero-order valence-corrected chi connectivity index (χ0v) is 9.26. The van der Waals surface area contributed by atoms with E-state index in [0.29, 0.717) is 18.9 Å². The number of amides is 1. The van der Waals surface area contributed by atoms with Crippen molar-refractivity contribution in [2.45, 2.75) is 39.7 Å². The molecule has 0 spiro atoms. The maximum Gasteiger partial charge on any atom is 0.236 e. The Labute approximate surface area is 86.4 Å². The van der Waals surface area contributed by atoms with Gasteiger partial charge in [0, 0.05) is 13.0 Å². The molecule has 3 nitrogen and oxygen atoms in total. The predicted molar refractivity (Wildman–Crippen MR) is 58.5 cm³/mol. The van der Waals surface area contributed by atoms with Crippen LogP contribution in [0.15, 0.2) is 0 Å². The van der Waals surface area contributed by atoms with Gasteiger partial charge in [0.05, 0.1) is 6.04 Å². The van der Waals surface area contributed by atoms with Crippen molar-refractivity contribution in [3.8, 4) is 11.8 Å². The predicted octanol–water partition coefficient (Wildman–Crippen LogP) is 0.889. The van der Waals surface area contributed by atoms with Crippen molar-refractivity contribution < 1.29 is 4.79 Å². The Bertz CT molecular complexity index is 225. The summed E-state index contributed by atoms with van der Waals surface area (Å²) >= 11 is 0. The minimum absolute atomic E-state index is 0.0726. The van der Waals surface area contributed by atoms with E-state index in [-0.39, 0.29) is 11.9 Å². The standard InChI is InChI=1S/C11H20N2O/c1-4-5-6-7-13-11(14)10(12)8-9(2)3/h9-10H,6-8,12H2,1-3H3,(H,13,14). The van der Waals surface area contributed by atoms with Crippen LogP contribution in [0.4, 0.5) is 0 Å². The molecule has 0 fully saturated rings. The van der Waals surface area contributed by atoms with E-state index >= 15 is 0 Å². The molecule has 0 radical (unpaired) electrons. The molecule has 14 heavy (non-hydrogen) atoms. The average Bonchev–Trinajstić information content (AvgIpc) is 2.11. The van der Waals surface area contributed by atoms with Crippen molar-refractivity contribution in [2.24, 2.45) is 11.7 Å². The van der Waals surface area contributed by atoms with Crippen molar-refractivity contribution in [3.05, 3.63) is 0 Å². The molecule has 3 heteroatoms. The van der Waals surface area contributed by atoms with E-state index in [9.17, 15) is 4.79 Å². The molecule has 1 atom stereocenters. The second-order valence-electron chi connectivity index (χ2n) is 3.70. The van der Waals surface area contributed by atoms with E-state index in [2.05, 4.69) is 31.0 Å². The van der Waals surface area contributed by atoms with Crippen LogP contribution >= 0.6 is 0 Å². The van der Waals surface area contributed by atoms with Crippen molar-refractivity contribution in [1.82, 2.24) is 5.32 Å². The van der Waals surface area contributed by atoms with Crippen LogP contribution < -0.4 is 11.1 Å². The fraction of sp³-hybridized carbons (Fsp3) is 0.727. The van der Waals surface area contributed by atoms with Gasteiger partial charge >= 0.3 is 0 Å². The molecule has 1 unspecified atom stereocenters. The monoisotopic (exact) mass is 196 g/mol. The molecule has 0 bridgehead atoms. The van der Waals surface area contributed by atoms with Gasteiger partial charge in [-0.2, -0.15) is 0 Å². The number of carbonyl (C=O) groups is 1. The van der Waals surface area contributed by atoms with Crippen LogP contribution in [0.5, 0.6) is 0 Å². The Morgan fingerprint density at radius 3 is 2.64 bits per heavy atom. The van der Waals surface area contributed by atoms with Gasteiger partial charge in [0.25, 0.3) is 0 Å². The molecule has 0 aliphatic heterocycles. The zero-order valence-electron chi connectivity index (χ0n) is 9.26. The van der Waals surface area contributed by atoms with Crippen LogP contribution in [0.2, 0.25) is 0 Å². The van der Waals surface area contributed by atoms with Crippen LogP contribution in [0.3, 0.4) is 0 Å². The van der Waals surface area contributed by atoms with Crippen molar-refractivity contribution in [1.29, 1.82) is 0 Å². The summed E-state index contributed by atoms with van der Waals surface area (Å²) < 4.78 is 0. The topological polar surface area (TPSA) is 55.1 Å². The lowest BCUT2D eigenvalue weighted by molar-refractivity contribution is -0.122. The third-order valence-corrected chi connectivity index (χ3v) is 1.79. The molecule has 0 saturated heterocycles. The number of nitrogens with two attached hydrogens (primary N) is 1. The Balaban J connectivity index is 3.65. The summed E-state index contributed by atoms with van der Waals surface area (Å²) in [4.78, 5) is 11.4. The fourth-order valence-corrected chi connectivity index (χ4v) is 1.12. The fourth-order valence-electron chi connectivity index (χ4n) is 1.12. The van der Waals surface area contributed by atoms with Crippen LogP contribution in [0.25, 0.3) is 0 Å². The van der Waals surface area contributed by atoms with Gasteiger partial charge in [-0.15, -0.1) is 11.8 Å². The van der Waals surface area contributed by atoms with E-state index in [0.717, 1.165) is 6.42 Å². The summed E-state index contributed by atoms with van der Waals surface area (Å²) in [7, 11) is 0. The van der Waals surface area contributed by atoms with Gasteiger partial charge in [-0.05, 0) is 19.3 Å². The van der Waals surface area contributed by atoms with Crippen LogP contribution in [0.1, 0.15) is 33.6 Å². The second-order valence-corrected chi connectivity index (χ2v) is 3.70.